The first-order valence-electron chi connectivity index (χ1n) is 6.51. The molecule has 0 amide bonds. The van der Waals surface area contributed by atoms with Crippen LogP contribution in [0, 0.1) is 11.3 Å². The Labute approximate surface area is 105 Å². The molecule has 1 fully saturated rings. The summed E-state index contributed by atoms with van der Waals surface area (Å²) in [7, 11) is 0. The number of nitrogens with zero attached hydrogens (tertiary/aromatic N) is 2. The molecular weight excluding hydrogens is 214 g/mol. The molecule has 0 radical (unpaired) electrons. The highest BCUT2D eigenvalue weighted by atomic mass is 16.5. The van der Waals surface area contributed by atoms with Gasteiger partial charge in [0.05, 0.1) is 19.3 Å². The van der Waals surface area contributed by atoms with E-state index in [0.717, 1.165) is 32.7 Å². The molecule has 0 aromatic heterocycles. The minimum atomic E-state index is -0.473. The zero-order chi connectivity index (χ0) is 12.9. The van der Waals surface area contributed by atoms with Crippen molar-refractivity contribution in [3.8, 4) is 6.07 Å². The third kappa shape index (κ3) is 4.27. The largest absolute Gasteiger partial charge is 0.378 e. The van der Waals surface area contributed by atoms with E-state index in [2.05, 4.69) is 37.1 Å². The Hall–Kier alpha value is -0.630. The quantitative estimate of drug-likeness (QED) is 0.787. The third-order valence-electron chi connectivity index (χ3n) is 3.19. The molecule has 0 bridgehead atoms. The summed E-state index contributed by atoms with van der Waals surface area (Å²) in [6.07, 6.45) is 1.07. The second-order valence-electron chi connectivity index (χ2n) is 5.35. The van der Waals surface area contributed by atoms with E-state index in [4.69, 9.17) is 4.74 Å². The SMILES string of the molecule is CCC1COCCN1CC(C)(C#N)NC(C)C. The Morgan fingerprint density at radius 2 is 2.29 bits per heavy atom. The molecule has 4 nitrogen and oxygen atoms in total. The molecule has 98 valence electrons. The van der Waals surface area contributed by atoms with Crippen LogP contribution in [0.1, 0.15) is 34.1 Å². The lowest BCUT2D eigenvalue weighted by Gasteiger charge is -2.39. The first-order chi connectivity index (χ1) is 8.00. The van der Waals surface area contributed by atoms with Crippen molar-refractivity contribution >= 4 is 0 Å². The van der Waals surface area contributed by atoms with E-state index in [-0.39, 0.29) is 0 Å². The van der Waals surface area contributed by atoms with Crippen LogP contribution in [0.4, 0.5) is 0 Å². The van der Waals surface area contributed by atoms with Gasteiger partial charge in [0.25, 0.3) is 0 Å². The van der Waals surface area contributed by atoms with Crippen LogP contribution in [0.15, 0.2) is 0 Å². The van der Waals surface area contributed by atoms with Crippen LogP contribution in [0.5, 0.6) is 0 Å². The van der Waals surface area contributed by atoms with Crippen molar-refractivity contribution in [2.45, 2.75) is 51.7 Å². The molecule has 1 saturated heterocycles. The molecule has 0 aliphatic carbocycles. The Bertz CT molecular complexity index is 274. The van der Waals surface area contributed by atoms with E-state index < -0.39 is 5.54 Å². The summed E-state index contributed by atoms with van der Waals surface area (Å²) in [5.74, 6) is 0. The van der Waals surface area contributed by atoms with Crippen LogP contribution in [0.25, 0.3) is 0 Å². The number of hydrogen-bond donors (Lipinski definition) is 1. The van der Waals surface area contributed by atoms with Gasteiger partial charge in [-0.25, -0.2) is 0 Å². The highest BCUT2D eigenvalue weighted by Gasteiger charge is 2.31. The van der Waals surface area contributed by atoms with E-state index >= 15 is 0 Å². The minimum Gasteiger partial charge on any atom is -0.378 e. The number of rotatable bonds is 5. The highest BCUT2D eigenvalue weighted by Crippen LogP contribution is 2.15. The number of hydrogen-bond acceptors (Lipinski definition) is 4. The molecule has 1 N–H and O–H groups in total. The Balaban J connectivity index is 2.63. The summed E-state index contributed by atoms with van der Waals surface area (Å²) in [5.41, 5.74) is -0.473. The Morgan fingerprint density at radius 3 is 2.82 bits per heavy atom. The molecule has 17 heavy (non-hydrogen) atoms. The molecule has 0 saturated carbocycles. The van der Waals surface area contributed by atoms with Crippen molar-refractivity contribution < 1.29 is 4.74 Å². The van der Waals surface area contributed by atoms with Gasteiger partial charge < -0.3 is 4.74 Å². The zero-order valence-corrected chi connectivity index (χ0v) is 11.5. The fraction of sp³-hybridized carbons (Fsp3) is 0.923. The minimum absolute atomic E-state index is 0.320. The smallest absolute Gasteiger partial charge is 0.116 e. The molecular formula is C13H25N3O. The molecule has 1 aliphatic heterocycles. The van der Waals surface area contributed by atoms with Crippen LogP contribution >= 0.6 is 0 Å². The third-order valence-corrected chi connectivity index (χ3v) is 3.19. The summed E-state index contributed by atoms with van der Waals surface area (Å²) in [6, 6.07) is 3.18. The van der Waals surface area contributed by atoms with Crippen LogP contribution in [-0.4, -0.2) is 48.8 Å². The molecule has 1 aliphatic rings. The predicted molar refractivity (Wildman–Crippen MR) is 68.8 cm³/mol. The molecule has 0 spiro atoms. The van der Waals surface area contributed by atoms with Crippen molar-refractivity contribution in [1.82, 2.24) is 10.2 Å². The number of nitrogens with one attached hydrogen (secondary N) is 1. The van der Waals surface area contributed by atoms with E-state index in [9.17, 15) is 5.26 Å². The van der Waals surface area contributed by atoms with Crippen LogP contribution in [0.2, 0.25) is 0 Å². The van der Waals surface area contributed by atoms with Gasteiger partial charge in [-0.15, -0.1) is 0 Å². The van der Waals surface area contributed by atoms with Gasteiger partial charge in [0, 0.05) is 25.2 Å². The van der Waals surface area contributed by atoms with E-state index in [1.54, 1.807) is 0 Å². The number of morpholine rings is 1. The van der Waals surface area contributed by atoms with Crippen molar-refractivity contribution in [2.75, 3.05) is 26.3 Å². The molecule has 2 unspecified atom stereocenters. The van der Waals surface area contributed by atoms with Crippen molar-refractivity contribution in [3.05, 3.63) is 0 Å². The molecule has 2 atom stereocenters. The topological polar surface area (TPSA) is 48.3 Å². The maximum atomic E-state index is 9.35. The molecule has 0 aromatic rings. The molecule has 0 aromatic carbocycles. The summed E-state index contributed by atoms with van der Waals surface area (Å²) in [5, 5.41) is 12.7. The van der Waals surface area contributed by atoms with Crippen molar-refractivity contribution in [3.63, 3.8) is 0 Å². The average molecular weight is 239 g/mol. The zero-order valence-electron chi connectivity index (χ0n) is 11.5. The normalized spacial score (nSPS) is 25.5. The van der Waals surface area contributed by atoms with Crippen LogP contribution in [-0.2, 0) is 4.74 Å². The summed E-state index contributed by atoms with van der Waals surface area (Å²) in [6.45, 7) is 11.6. The number of nitriles is 1. The lowest BCUT2D eigenvalue weighted by molar-refractivity contribution is -0.0162. The van der Waals surface area contributed by atoms with E-state index in [0.29, 0.717) is 12.1 Å². The maximum absolute atomic E-state index is 9.35. The van der Waals surface area contributed by atoms with Crippen molar-refractivity contribution in [1.29, 1.82) is 5.26 Å². The lowest BCUT2D eigenvalue weighted by Crippen LogP contribution is -2.57. The lowest BCUT2D eigenvalue weighted by atomic mass is 10.0. The van der Waals surface area contributed by atoms with Gasteiger partial charge in [-0.1, -0.05) is 6.92 Å². The van der Waals surface area contributed by atoms with Crippen LogP contribution in [0.3, 0.4) is 0 Å². The van der Waals surface area contributed by atoms with Gasteiger partial charge in [-0.2, -0.15) is 5.26 Å². The Kier molecular flexibility index (Phi) is 5.38. The summed E-state index contributed by atoms with van der Waals surface area (Å²) in [4.78, 5) is 2.38. The first kappa shape index (κ1) is 14.4. The van der Waals surface area contributed by atoms with E-state index in [1.165, 1.54) is 0 Å². The average Bonchev–Trinajstić information content (AvgIpc) is 2.28. The predicted octanol–water partition coefficient (Wildman–Crippen LogP) is 1.38. The maximum Gasteiger partial charge on any atom is 0.116 e. The first-order valence-corrected chi connectivity index (χ1v) is 6.51. The van der Waals surface area contributed by atoms with Crippen molar-refractivity contribution in [2.24, 2.45) is 0 Å². The highest BCUT2D eigenvalue weighted by molar-refractivity contribution is 5.07. The van der Waals surface area contributed by atoms with Gasteiger partial charge in [-0.3, -0.25) is 10.2 Å². The van der Waals surface area contributed by atoms with Gasteiger partial charge in [0.2, 0.25) is 0 Å². The summed E-state index contributed by atoms with van der Waals surface area (Å²) >= 11 is 0. The Morgan fingerprint density at radius 1 is 1.59 bits per heavy atom. The van der Waals surface area contributed by atoms with Gasteiger partial charge in [0.1, 0.15) is 5.54 Å². The van der Waals surface area contributed by atoms with Gasteiger partial charge in [0.15, 0.2) is 0 Å². The molecule has 1 rings (SSSR count). The van der Waals surface area contributed by atoms with Gasteiger partial charge in [-0.05, 0) is 27.2 Å². The summed E-state index contributed by atoms with van der Waals surface area (Å²) < 4.78 is 5.49. The number of ether oxygens (including phenoxy) is 1. The standard InChI is InChI=1S/C13H25N3O/c1-5-12-8-17-7-6-16(12)10-13(4,9-14)15-11(2)3/h11-12,15H,5-8,10H2,1-4H3. The monoisotopic (exact) mass is 239 g/mol. The van der Waals surface area contributed by atoms with Gasteiger partial charge >= 0.3 is 0 Å². The van der Waals surface area contributed by atoms with E-state index in [1.807, 2.05) is 6.92 Å². The second kappa shape index (κ2) is 6.34. The second-order valence-corrected chi connectivity index (χ2v) is 5.35. The molecule has 1 heterocycles. The van der Waals surface area contributed by atoms with Crippen LogP contribution < -0.4 is 5.32 Å². The molecule has 4 heteroatoms. The fourth-order valence-electron chi connectivity index (χ4n) is 2.43. The fourth-order valence-corrected chi connectivity index (χ4v) is 2.43.